The highest BCUT2D eigenvalue weighted by atomic mass is 14.1. The van der Waals surface area contributed by atoms with Crippen molar-refractivity contribution in [2.75, 3.05) is 0 Å². The Hall–Kier alpha value is -1.82. The zero-order chi connectivity index (χ0) is 11.4. The first-order valence-electron chi connectivity index (χ1n) is 5.60. The Balaban J connectivity index is 2.54. The van der Waals surface area contributed by atoms with Crippen LogP contribution in [0.2, 0.25) is 0 Å². The topological polar surface area (TPSA) is 0 Å². The van der Waals surface area contributed by atoms with Gasteiger partial charge in [0.25, 0.3) is 0 Å². The second-order valence-corrected chi connectivity index (χ2v) is 3.89. The molecule has 16 heavy (non-hydrogen) atoms. The van der Waals surface area contributed by atoms with Gasteiger partial charge < -0.3 is 0 Å². The third-order valence-electron chi connectivity index (χ3n) is 2.81. The molecule has 0 aliphatic carbocycles. The van der Waals surface area contributed by atoms with Gasteiger partial charge in [-0.1, -0.05) is 60.7 Å². The average Bonchev–Trinajstić information content (AvgIpc) is 2.33. The summed E-state index contributed by atoms with van der Waals surface area (Å²) < 4.78 is 0. The lowest BCUT2D eigenvalue weighted by Gasteiger charge is -2.08. The van der Waals surface area contributed by atoms with E-state index in [0.717, 1.165) is 0 Å². The fourth-order valence-electron chi connectivity index (χ4n) is 1.94. The number of hydrogen-bond donors (Lipinski definition) is 0. The molecule has 80 valence electrons. The highest BCUT2D eigenvalue weighted by Crippen LogP contribution is 2.25. The molecular formula is C16H16. The van der Waals surface area contributed by atoms with Gasteiger partial charge >= 0.3 is 0 Å². The van der Waals surface area contributed by atoms with E-state index < -0.39 is 0 Å². The van der Waals surface area contributed by atoms with Crippen molar-refractivity contribution < 1.29 is 0 Å². The molecule has 0 aliphatic rings. The lowest BCUT2D eigenvalue weighted by atomic mass is 9.96. The molecule has 2 aromatic carbocycles. The summed E-state index contributed by atoms with van der Waals surface area (Å²) in [6, 6.07) is 17.0. The Kier molecular flexibility index (Phi) is 3.21. The SMILES string of the molecule is CC=Cc1cccc(-c2ccccc2)c1C. The molecule has 0 bridgehead atoms. The zero-order valence-electron chi connectivity index (χ0n) is 9.77. The first-order chi connectivity index (χ1) is 7.83. The van der Waals surface area contributed by atoms with Crippen LogP contribution in [0.25, 0.3) is 17.2 Å². The molecule has 0 spiro atoms. The van der Waals surface area contributed by atoms with Gasteiger partial charge in [0, 0.05) is 0 Å². The Morgan fingerprint density at radius 1 is 0.875 bits per heavy atom. The predicted octanol–water partition coefficient (Wildman–Crippen LogP) is 4.70. The van der Waals surface area contributed by atoms with Gasteiger partial charge in [-0.25, -0.2) is 0 Å². The fraction of sp³-hybridized carbons (Fsp3) is 0.125. The van der Waals surface area contributed by atoms with E-state index in [1.54, 1.807) is 0 Å². The summed E-state index contributed by atoms with van der Waals surface area (Å²) in [5.74, 6) is 0. The van der Waals surface area contributed by atoms with E-state index in [2.05, 4.69) is 74.5 Å². The largest absolute Gasteiger partial charge is 0.0871 e. The highest BCUT2D eigenvalue weighted by molar-refractivity contribution is 5.72. The van der Waals surface area contributed by atoms with Crippen molar-refractivity contribution in [1.29, 1.82) is 0 Å². The highest BCUT2D eigenvalue weighted by Gasteiger charge is 2.03. The lowest BCUT2D eigenvalue weighted by Crippen LogP contribution is -1.86. The van der Waals surface area contributed by atoms with Gasteiger partial charge in [0.05, 0.1) is 0 Å². The van der Waals surface area contributed by atoms with Crippen LogP contribution < -0.4 is 0 Å². The monoisotopic (exact) mass is 208 g/mol. The number of hydrogen-bond acceptors (Lipinski definition) is 0. The van der Waals surface area contributed by atoms with Crippen molar-refractivity contribution in [2.45, 2.75) is 13.8 Å². The maximum Gasteiger partial charge on any atom is -0.0149 e. The van der Waals surface area contributed by atoms with Gasteiger partial charge in [-0.2, -0.15) is 0 Å². The van der Waals surface area contributed by atoms with Crippen molar-refractivity contribution in [3.8, 4) is 11.1 Å². The molecule has 0 heterocycles. The molecule has 0 saturated heterocycles. The van der Waals surface area contributed by atoms with Crippen molar-refractivity contribution in [3.05, 3.63) is 65.7 Å². The van der Waals surface area contributed by atoms with E-state index in [1.165, 1.54) is 22.3 Å². The minimum atomic E-state index is 1.28. The third-order valence-corrected chi connectivity index (χ3v) is 2.81. The van der Waals surface area contributed by atoms with Crippen LogP contribution in [0.15, 0.2) is 54.6 Å². The molecule has 0 aromatic heterocycles. The Bertz CT molecular complexity index is 493. The van der Waals surface area contributed by atoms with Gasteiger partial charge in [-0.15, -0.1) is 0 Å². The minimum Gasteiger partial charge on any atom is -0.0871 e. The number of rotatable bonds is 2. The molecule has 0 radical (unpaired) electrons. The van der Waals surface area contributed by atoms with Crippen LogP contribution in [0.4, 0.5) is 0 Å². The summed E-state index contributed by atoms with van der Waals surface area (Å²) in [7, 11) is 0. The molecule has 0 atom stereocenters. The Morgan fingerprint density at radius 2 is 1.62 bits per heavy atom. The lowest BCUT2D eigenvalue weighted by molar-refractivity contribution is 1.43. The zero-order valence-corrected chi connectivity index (χ0v) is 9.77. The van der Waals surface area contributed by atoms with Crippen LogP contribution in [0.3, 0.4) is 0 Å². The van der Waals surface area contributed by atoms with Gasteiger partial charge in [-0.05, 0) is 36.1 Å². The second-order valence-electron chi connectivity index (χ2n) is 3.89. The van der Waals surface area contributed by atoms with Gasteiger partial charge in [0.15, 0.2) is 0 Å². The Morgan fingerprint density at radius 3 is 2.31 bits per heavy atom. The van der Waals surface area contributed by atoms with E-state index in [-0.39, 0.29) is 0 Å². The molecule has 0 unspecified atom stereocenters. The van der Waals surface area contributed by atoms with Crippen LogP contribution >= 0.6 is 0 Å². The molecule has 0 heteroatoms. The van der Waals surface area contributed by atoms with Gasteiger partial charge in [0.2, 0.25) is 0 Å². The first kappa shape index (κ1) is 10.7. The van der Waals surface area contributed by atoms with E-state index in [1.807, 2.05) is 0 Å². The van der Waals surface area contributed by atoms with Crippen molar-refractivity contribution in [3.63, 3.8) is 0 Å². The molecule has 0 saturated carbocycles. The summed E-state index contributed by atoms with van der Waals surface area (Å²) in [6.07, 6.45) is 4.23. The van der Waals surface area contributed by atoms with E-state index >= 15 is 0 Å². The quantitative estimate of drug-likeness (QED) is 0.671. The summed E-state index contributed by atoms with van der Waals surface area (Å²) in [4.78, 5) is 0. The predicted molar refractivity (Wildman–Crippen MR) is 71.3 cm³/mol. The standard InChI is InChI=1S/C16H16/c1-3-8-14-11-7-12-16(13(14)2)15-9-5-4-6-10-15/h3-12H,1-2H3. The van der Waals surface area contributed by atoms with Crippen LogP contribution in [-0.2, 0) is 0 Å². The fourth-order valence-corrected chi connectivity index (χ4v) is 1.94. The molecule has 0 fully saturated rings. The maximum absolute atomic E-state index is 2.18. The Labute approximate surface area is 97.3 Å². The molecular weight excluding hydrogens is 192 g/mol. The summed E-state index contributed by atoms with van der Waals surface area (Å²) in [6.45, 7) is 4.23. The van der Waals surface area contributed by atoms with E-state index in [9.17, 15) is 0 Å². The average molecular weight is 208 g/mol. The van der Waals surface area contributed by atoms with Gasteiger partial charge in [0.1, 0.15) is 0 Å². The van der Waals surface area contributed by atoms with Crippen LogP contribution in [0.5, 0.6) is 0 Å². The van der Waals surface area contributed by atoms with E-state index in [4.69, 9.17) is 0 Å². The second kappa shape index (κ2) is 4.80. The summed E-state index contributed by atoms with van der Waals surface area (Å²) >= 11 is 0. The number of benzene rings is 2. The van der Waals surface area contributed by atoms with Crippen molar-refractivity contribution >= 4 is 6.08 Å². The smallest absolute Gasteiger partial charge is 0.0149 e. The minimum absolute atomic E-state index is 1.28. The maximum atomic E-state index is 2.18. The summed E-state index contributed by atoms with van der Waals surface area (Å²) in [5.41, 5.74) is 5.23. The molecule has 0 amide bonds. The van der Waals surface area contributed by atoms with Crippen LogP contribution in [0, 0.1) is 6.92 Å². The molecule has 2 aromatic rings. The number of allylic oxidation sites excluding steroid dienone is 1. The van der Waals surface area contributed by atoms with Gasteiger partial charge in [-0.3, -0.25) is 0 Å². The van der Waals surface area contributed by atoms with Crippen LogP contribution in [0.1, 0.15) is 18.1 Å². The molecule has 2 rings (SSSR count). The van der Waals surface area contributed by atoms with Crippen molar-refractivity contribution in [1.82, 2.24) is 0 Å². The third kappa shape index (κ3) is 2.06. The molecule has 0 aliphatic heterocycles. The first-order valence-corrected chi connectivity index (χ1v) is 5.60. The summed E-state index contributed by atoms with van der Waals surface area (Å²) in [5, 5.41) is 0. The molecule has 0 N–H and O–H groups in total. The van der Waals surface area contributed by atoms with Crippen molar-refractivity contribution in [2.24, 2.45) is 0 Å². The molecule has 0 nitrogen and oxygen atoms in total. The normalized spacial score (nSPS) is 10.9. The van der Waals surface area contributed by atoms with Crippen LogP contribution in [-0.4, -0.2) is 0 Å². The van der Waals surface area contributed by atoms with E-state index in [0.29, 0.717) is 0 Å².